The molecule has 2 atom stereocenters. The highest BCUT2D eigenvalue weighted by atomic mass is 16.3. The molecule has 0 radical (unpaired) electrons. The van der Waals surface area contributed by atoms with Crippen LogP contribution in [0.1, 0.15) is 38.0 Å². The van der Waals surface area contributed by atoms with E-state index in [1.165, 1.54) is 12.8 Å². The van der Waals surface area contributed by atoms with Crippen LogP contribution in [0, 0.1) is 0 Å². The monoisotopic (exact) mass is 191 g/mol. The molecule has 0 saturated carbocycles. The Morgan fingerprint density at radius 1 is 1.50 bits per heavy atom. The average Bonchev–Trinajstić information content (AvgIpc) is 2.72. The molecule has 1 aromatic heterocycles. The summed E-state index contributed by atoms with van der Waals surface area (Å²) in [6.45, 7) is 2.15. The number of nitrogens with one attached hydrogen (secondary N) is 1. The summed E-state index contributed by atoms with van der Waals surface area (Å²) in [5, 5.41) is 3.58. The van der Waals surface area contributed by atoms with Crippen molar-refractivity contribution in [2.75, 3.05) is 0 Å². The fraction of sp³-hybridized carbons (Fsp3) is 0.500. The molecule has 2 unspecified atom stereocenters. The molecule has 14 heavy (non-hydrogen) atoms. The Kier molecular flexibility index (Phi) is 3.04. The Morgan fingerprint density at radius 3 is 3.07 bits per heavy atom. The number of furan rings is 1. The van der Waals surface area contributed by atoms with Crippen molar-refractivity contribution < 1.29 is 4.42 Å². The van der Waals surface area contributed by atoms with Crippen molar-refractivity contribution >= 4 is 0 Å². The van der Waals surface area contributed by atoms with Gasteiger partial charge in [-0.25, -0.2) is 0 Å². The molecule has 0 aliphatic heterocycles. The lowest BCUT2D eigenvalue weighted by Crippen LogP contribution is -2.31. The summed E-state index contributed by atoms with van der Waals surface area (Å²) in [5.74, 6) is 1.03. The maximum absolute atomic E-state index is 5.36. The van der Waals surface area contributed by atoms with E-state index in [-0.39, 0.29) is 0 Å². The molecule has 76 valence electrons. The minimum Gasteiger partial charge on any atom is -0.468 e. The summed E-state index contributed by atoms with van der Waals surface area (Å²) in [6.07, 6.45) is 9.83. The molecule has 0 saturated heterocycles. The van der Waals surface area contributed by atoms with E-state index in [1.807, 2.05) is 12.1 Å². The first-order chi connectivity index (χ1) is 6.86. The lowest BCUT2D eigenvalue weighted by molar-refractivity contribution is 0.373. The Labute approximate surface area is 85.0 Å². The zero-order chi connectivity index (χ0) is 9.80. The standard InChI is InChI=1S/C12H17NO/c1-10(12-8-5-9-14-12)13-11-6-3-2-4-7-11/h2-3,5,8-11,13H,4,6-7H2,1H3. The lowest BCUT2D eigenvalue weighted by Gasteiger charge is -2.22. The first-order valence-electron chi connectivity index (χ1n) is 5.30. The van der Waals surface area contributed by atoms with Gasteiger partial charge < -0.3 is 9.73 Å². The van der Waals surface area contributed by atoms with Crippen LogP contribution in [0.3, 0.4) is 0 Å². The minimum absolute atomic E-state index is 0.321. The van der Waals surface area contributed by atoms with Gasteiger partial charge in [0.05, 0.1) is 12.3 Å². The zero-order valence-electron chi connectivity index (χ0n) is 8.57. The Hall–Kier alpha value is -1.02. The second-order valence-electron chi connectivity index (χ2n) is 3.89. The Balaban J connectivity index is 1.88. The maximum Gasteiger partial charge on any atom is 0.120 e. The van der Waals surface area contributed by atoms with Crippen LogP contribution >= 0.6 is 0 Å². The van der Waals surface area contributed by atoms with E-state index in [0.29, 0.717) is 12.1 Å². The fourth-order valence-corrected chi connectivity index (χ4v) is 1.92. The summed E-state index contributed by atoms with van der Waals surface area (Å²) in [7, 11) is 0. The van der Waals surface area contributed by atoms with Gasteiger partial charge in [0.25, 0.3) is 0 Å². The largest absolute Gasteiger partial charge is 0.468 e. The van der Waals surface area contributed by atoms with Gasteiger partial charge >= 0.3 is 0 Å². The van der Waals surface area contributed by atoms with E-state index in [9.17, 15) is 0 Å². The summed E-state index contributed by atoms with van der Waals surface area (Å²) >= 11 is 0. The van der Waals surface area contributed by atoms with Crippen LogP contribution in [-0.4, -0.2) is 6.04 Å². The molecule has 0 amide bonds. The molecule has 2 heteroatoms. The molecule has 0 aromatic carbocycles. The average molecular weight is 191 g/mol. The minimum atomic E-state index is 0.321. The molecule has 2 rings (SSSR count). The maximum atomic E-state index is 5.36. The molecular formula is C12H17NO. The topological polar surface area (TPSA) is 25.2 Å². The molecule has 1 aromatic rings. The van der Waals surface area contributed by atoms with Crippen molar-refractivity contribution in [3.05, 3.63) is 36.3 Å². The van der Waals surface area contributed by atoms with E-state index in [2.05, 4.69) is 24.4 Å². The van der Waals surface area contributed by atoms with Crippen LogP contribution < -0.4 is 5.32 Å². The van der Waals surface area contributed by atoms with Crippen LogP contribution in [0.2, 0.25) is 0 Å². The second kappa shape index (κ2) is 4.47. The highest BCUT2D eigenvalue weighted by Gasteiger charge is 2.14. The number of allylic oxidation sites excluding steroid dienone is 1. The molecule has 1 N–H and O–H groups in total. The summed E-state index contributed by atoms with van der Waals surface area (Å²) in [4.78, 5) is 0. The second-order valence-corrected chi connectivity index (χ2v) is 3.89. The molecule has 0 bridgehead atoms. The van der Waals surface area contributed by atoms with Gasteiger partial charge in [-0.15, -0.1) is 0 Å². The first kappa shape index (κ1) is 9.53. The summed E-state index contributed by atoms with van der Waals surface area (Å²) < 4.78 is 5.36. The zero-order valence-corrected chi connectivity index (χ0v) is 8.57. The van der Waals surface area contributed by atoms with Crippen molar-refractivity contribution in [3.8, 4) is 0 Å². The van der Waals surface area contributed by atoms with E-state index in [1.54, 1.807) is 6.26 Å². The molecule has 1 heterocycles. The lowest BCUT2D eigenvalue weighted by atomic mass is 10.0. The van der Waals surface area contributed by atoms with Gasteiger partial charge in [0.1, 0.15) is 5.76 Å². The van der Waals surface area contributed by atoms with Gasteiger partial charge in [-0.05, 0) is 38.3 Å². The van der Waals surface area contributed by atoms with Crippen molar-refractivity contribution in [2.45, 2.75) is 38.3 Å². The Morgan fingerprint density at radius 2 is 2.43 bits per heavy atom. The van der Waals surface area contributed by atoms with Gasteiger partial charge in [0.2, 0.25) is 0 Å². The van der Waals surface area contributed by atoms with E-state index >= 15 is 0 Å². The van der Waals surface area contributed by atoms with Crippen molar-refractivity contribution in [2.24, 2.45) is 0 Å². The number of hydrogen-bond donors (Lipinski definition) is 1. The van der Waals surface area contributed by atoms with Crippen molar-refractivity contribution in [1.29, 1.82) is 0 Å². The SMILES string of the molecule is CC(NC1CC=CCC1)c1ccco1. The number of hydrogen-bond acceptors (Lipinski definition) is 2. The van der Waals surface area contributed by atoms with Gasteiger partial charge in [-0.1, -0.05) is 12.2 Å². The molecule has 2 nitrogen and oxygen atoms in total. The summed E-state index contributed by atoms with van der Waals surface area (Å²) in [6, 6.07) is 4.89. The van der Waals surface area contributed by atoms with Crippen LogP contribution in [0.4, 0.5) is 0 Å². The van der Waals surface area contributed by atoms with Gasteiger partial charge in [0, 0.05) is 6.04 Å². The smallest absolute Gasteiger partial charge is 0.120 e. The van der Waals surface area contributed by atoms with Crippen LogP contribution in [0.15, 0.2) is 35.0 Å². The van der Waals surface area contributed by atoms with Crippen molar-refractivity contribution in [3.63, 3.8) is 0 Å². The van der Waals surface area contributed by atoms with E-state index in [0.717, 1.165) is 12.2 Å². The summed E-state index contributed by atoms with van der Waals surface area (Å²) in [5.41, 5.74) is 0. The molecule has 0 fully saturated rings. The van der Waals surface area contributed by atoms with Gasteiger partial charge in [-0.3, -0.25) is 0 Å². The van der Waals surface area contributed by atoms with Crippen LogP contribution in [-0.2, 0) is 0 Å². The quantitative estimate of drug-likeness (QED) is 0.743. The normalized spacial score (nSPS) is 23.6. The van der Waals surface area contributed by atoms with Crippen LogP contribution in [0.5, 0.6) is 0 Å². The predicted molar refractivity (Wildman–Crippen MR) is 57.0 cm³/mol. The van der Waals surface area contributed by atoms with Crippen molar-refractivity contribution in [1.82, 2.24) is 5.32 Å². The fourth-order valence-electron chi connectivity index (χ4n) is 1.92. The highest BCUT2D eigenvalue weighted by molar-refractivity contribution is 5.04. The highest BCUT2D eigenvalue weighted by Crippen LogP contribution is 2.17. The molecular weight excluding hydrogens is 174 g/mol. The third-order valence-electron chi connectivity index (χ3n) is 2.72. The number of rotatable bonds is 3. The predicted octanol–water partition coefficient (Wildman–Crippen LogP) is 3.04. The van der Waals surface area contributed by atoms with Gasteiger partial charge in [-0.2, -0.15) is 0 Å². The third-order valence-corrected chi connectivity index (χ3v) is 2.72. The molecule has 0 spiro atoms. The molecule has 1 aliphatic rings. The van der Waals surface area contributed by atoms with Crippen LogP contribution in [0.25, 0.3) is 0 Å². The van der Waals surface area contributed by atoms with E-state index in [4.69, 9.17) is 4.42 Å². The van der Waals surface area contributed by atoms with Gasteiger partial charge in [0.15, 0.2) is 0 Å². The Bertz CT molecular complexity index is 289. The first-order valence-corrected chi connectivity index (χ1v) is 5.30. The third kappa shape index (κ3) is 2.26. The molecule has 1 aliphatic carbocycles. The van der Waals surface area contributed by atoms with E-state index < -0.39 is 0 Å².